The Balaban J connectivity index is 1.28. The Bertz CT molecular complexity index is 796. The summed E-state index contributed by atoms with van der Waals surface area (Å²) in [7, 11) is 0. The summed E-state index contributed by atoms with van der Waals surface area (Å²) in [5, 5.41) is 3.30. The van der Waals surface area contributed by atoms with Gasteiger partial charge in [-0.3, -0.25) is 9.59 Å². The van der Waals surface area contributed by atoms with Gasteiger partial charge in [0.2, 0.25) is 0 Å². The average molecular weight is 399 g/mol. The first kappa shape index (κ1) is 19.3. The van der Waals surface area contributed by atoms with Crippen LogP contribution in [0.3, 0.4) is 0 Å². The van der Waals surface area contributed by atoms with Crippen LogP contribution in [-0.4, -0.2) is 29.7 Å². The first-order valence-corrected chi connectivity index (χ1v) is 11.7. The van der Waals surface area contributed by atoms with Crippen molar-refractivity contribution in [3.63, 3.8) is 0 Å². The van der Waals surface area contributed by atoms with Crippen LogP contribution in [-0.2, 0) is 11.3 Å². The number of rotatable bonds is 5. The molecule has 1 aliphatic heterocycles. The number of hydrogen-bond donors (Lipinski definition) is 1. The zero-order chi connectivity index (χ0) is 20.0. The zero-order valence-electron chi connectivity index (χ0n) is 17.6. The van der Waals surface area contributed by atoms with Crippen LogP contribution in [0.4, 0.5) is 0 Å². The van der Waals surface area contributed by atoms with Gasteiger partial charge < -0.3 is 14.6 Å². The lowest BCUT2D eigenvalue weighted by Crippen LogP contribution is -2.56. The quantitative estimate of drug-likeness (QED) is 0.825. The minimum atomic E-state index is -0.160. The van der Waals surface area contributed by atoms with Crippen molar-refractivity contribution in [3.8, 4) is 0 Å². The molecule has 0 radical (unpaired) electrons. The topological polar surface area (TPSA) is 60.3 Å². The van der Waals surface area contributed by atoms with E-state index >= 15 is 0 Å². The fourth-order valence-electron chi connectivity index (χ4n) is 6.83. The van der Waals surface area contributed by atoms with Crippen molar-refractivity contribution in [2.24, 2.45) is 29.6 Å². The summed E-state index contributed by atoms with van der Waals surface area (Å²) in [6.45, 7) is 4.53. The molecule has 1 aromatic rings. The van der Waals surface area contributed by atoms with Crippen LogP contribution in [0.25, 0.3) is 0 Å². The Hall–Kier alpha value is -1.62. The van der Waals surface area contributed by atoms with Gasteiger partial charge in [-0.15, -0.1) is 0 Å². The molecular formula is C24H34N2O3. The van der Waals surface area contributed by atoms with Crippen molar-refractivity contribution in [2.75, 3.05) is 13.2 Å². The van der Waals surface area contributed by atoms with Crippen molar-refractivity contribution in [2.45, 2.75) is 70.9 Å². The Morgan fingerprint density at radius 3 is 2.41 bits per heavy atom. The standard InChI is InChI=1S/C24H34N2O3/c1-15-8-22(27)21(14-26(15)5-2-16-3-6-29-7-4-16)24(28)25-23-19-10-17-9-18(12-19)13-20(23)11-17/h8,14,16-20,23H,2-7,9-13H2,1H3,(H,25,28). The molecule has 0 atom stereocenters. The Labute approximate surface area is 173 Å². The first-order chi connectivity index (χ1) is 14.1. The highest BCUT2D eigenvalue weighted by molar-refractivity contribution is 5.94. The van der Waals surface area contributed by atoms with Crippen molar-refractivity contribution >= 4 is 5.91 Å². The molecule has 4 saturated carbocycles. The van der Waals surface area contributed by atoms with Crippen LogP contribution in [0.2, 0.25) is 0 Å². The van der Waals surface area contributed by atoms with Gasteiger partial charge in [0.1, 0.15) is 5.56 Å². The van der Waals surface area contributed by atoms with Crippen LogP contribution in [0, 0.1) is 36.5 Å². The van der Waals surface area contributed by atoms with Gasteiger partial charge in [-0.05, 0) is 87.9 Å². The predicted molar refractivity (Wildman–Crippen MR) is 112 cm³/mol. The Morgan fingerprint density at radius 1 is 1.10 bits per heavy atom. The largest absolute Gasteiger partial charge is 0.381 e. The molecule has 1 aromatic heterocycles. The fraction of sp³-hybridized carbons (Fsp3) is 0.750. The highest BCUT2D eigenvalue weighted by Gasteiger charge is 2.48. The molecule has 0 spiro atoms. The van der Waals surface area contributed by atoms with E-state index in [0.717, 1.165) is 56.6 Å². The average Bonchev–Trinajstić information content (AvgIpc) is 2.70. The number of carbonyl (C=O) groups is 1. The third kappa shape index (κ3) is 3.90. The second-order valence-corrected chi connectivity index (χ2v) is 10.2. The van der Waals surface area contributed by atoms with Crippen molar-refractivity contribution in [1.82, 2.24) is 9.88 Å². The van der Waals surface area contributed by atoms with E-state index in [4.69, 9.17) is 4.74 Å². The SMILES string of the molecule is Cc1cc(=O)c(C(=O)NC2C3CC4CC(C3)CC2C4)cn1CCC1CCOCC1. The van der Waals surface area contributed by atoms with Crippen molar-refractivity contribution in [1.29, 1.82) is 0 Å². The Kier molecular flexibility index (Phi) is 5.27. The summed E-state index contributed by atoms with van der Waals surface area (Å²) in [5.74, 6) is 3.52. The van der Waals surface area contributed by atoms with E-state index in [9.17, 15) is 9.59 Å². The number of amides is 1. The number of hydrogen-bond acceptors (Lipinski definition) is 3. The molecule has 5 fully saturated rings. The normalized spacial score (nSPS) is 33.8. The highest BCUT2D eigenvalue weighted by Crippen LogP contribution is 2.53. The van der Waals surface area contributed by atoms with Crippen LogP contribution >= 0.6 is 0 Å². The Morgan fingerprint density at radius 2 is 1.76 bits per heavy atom. The van der Waals surface area contributed by atoms with E-state index in [1.807, 2.05) is 13.1 Å². The molecule has 4 aliphatic carbocycles. The molecule has 5 aliphatic rings. The number of ether oxygens (including phenoxy) is 1. The number of aryl methyl sites for hydroxylation is 2. The fourth-order valence-corrected chi connectivity index (χ4v) is 6.83. The molecule has 29 heavy (non-hydrogen) atoms. The molecule has 5 nitrogen and oxygen atoms in total. The molecular weight excluding hydrogens is 364 g/mol. The lowest BCUT2D eigenvalue weighted by atomic mass is 9.54. The maximum Gasteiger partial charge on any atom is 0.256 e. The molecule has 158 valence electrons. The summed E-state index contributed by atoms with van der Waals surface area (Å²) >= 11 is 0. The van der Waals surface area contributed by atoms with Gasteiger partial charge in [-0.1, -0.05) is 0 Å². The van der Waals surface area contributed by atoms with E-state index in [1.165, 1.54) is 32.1 Å². The summed E-state index contributed by atoms with van der Waals surface area (Å²) in [4.78, 5) is 25.7. The summed E-state index contributed by atoms with van der Waals surface area (Å²) in [5.41, 5.74) is 1.11. The van der Waals surface area contributed by atoms with E-state index in [2.05, 4.69) is 9.88 Å². The number of nitrogens with one attached hydrogen (secondary N) is 1. The maximum atomic E-state index is 13.1. The van der Waals surface area contributed by atoms with Gasteiger partial charge in [0, 0.05) is 43.8 Å². The van der Waals surface area contributed by atoms with E-state index in [0.29, 0.717) is 23.3 Å². The highest BCUT2D eigenvalue weighted by atomic mass is 16.5. The zero-order valence-corrected chi connectivity index (χ0v) is 17.6. The van der Waals surface area contributed by atoms with Crippen LogP contribution in [0.5, 0.6) is 0 Å². The molecule has 1 N–H and O–H groups in total. The number of nitrogens with zero attached hydrogens (tertiary/aromatic N) is 1. The van der Waals surface area contributed by atoms with E-state index < -0.39 is 0 Å². The van der Waals surface area contributed by atoms with Gasteiger partial charge >= 0.3 is 0 Å². The van der Waals surface area contributed by atoms with E-state index in [-0.39, 0.29) is 17.4 Å². The van der Waals surface area contributed by atoms with Gasteiger partial charge in [-0.2, -0.15) is 0 Å². The predicted octanol–water partition coefficient (Wildman–Crippen LogP) is 3.53. The lowest BCUT2D eigenvalue weighted by molar-refractivity contribution is -0.0119. The third-order valence-electron chi connectivity index (χ3n) is 8.23. The lowest BCUT2D eigenvalue weighted by Gasteiger charge is -2.54. The summed E-state index contributed by atoms with van der Waals surface area (Å²) in [6, 6.07) is 1.90. The van der Waals surface area contributed by atoms with Gasteiger partial charge in [0.25, 0.3) is 5.91 Å². The smallest absolute Gasteiger partial charge is 0.256 e. The van der Waals surface area contributed by atoms with Crippen LogP contribution in [0.15, 0.2) is 17.1 Å². The number of aromatic nitrogens is 1. The minimum Gasteiger partial charge on any atom is -0.381 e. The molecule has 4 bridgehead atoms. The second-order valence-electron chi connectivity index (χ2n) is 10.2. The summed E-state index contributed by atoms with van der Waals surface area (Å²) < 4.78 is 7.55. The molecule has 5 heteroatoms. The second kappa shape index (κ2) is 7.90. The molecule has 0 unspecified atom stereocenters. The summed E-state index contributed by atoms with van der Waals surface area (Å²) in [6.07, 6.45) is 11.6. The molecule has 1 saturated heterocycles. The molecule has 1 amide bonds. The van der Waals surface area contributed by atoms with Crippen LogP contribution < -0.4 is 10.7 Å². The maximum absolute atomic E-state index is 13.1. The monoisotopic (exact) mass is 398 g/mol. The molecule has 2 heterocycles. The van der Waals surface area contributed by atoms with Crippen molar-refractivity contribution in [3.05, 3.63) is 33.7 Å². The van der Waals surface area contributed by atoms with E-state index in [1.54, 1.807) is 6.07 Å². The van der Waals surface area contributed by atoms with Gasteiger partial charge in [0.15, 0.2) is 5.43 Å². The first-order valence-electron chi connectivity index (χ1n) is 11.7. The minimum absolute atomic E-state index is 0.147. The molecule has 0 aromatic carbocycles. The molecule has 6 rings (SSSR count). The number of carbonyl (C=O) groups excluding carboxylic acids is 1. The van der Waals surface area contributed by atoms with Gasteiger partial charge in [0.05, 0.1) is 0 Å². The van der Waals surface area contributed by atoms with Gasteiger partial charge in [-0.25, -0.2) is 0 Å². The van der Waals surface area contributed by atoms with Crippen LogP contribution in [0.1, 0.15) is 67.4 Å². The third-order valence-corrected chi connectivity index (χ3v) is 8.23. The number of pyridine rings is 1. The van der Waals surface area contributed by atoms with Crippen molar-refractivity contribution < 1.29 is 9.53 Å².